The number of amides is 1. The monoisotopic (exact) mass is 386 g/mol. The summed E-state index contributed by atoms with van der Waals surface area (Å²) in [5.41, 5.74) is 2.43. The molecule has 1 saturated heterocycles. The second-order valence-electron chi connectivity index (χ2n) is 5.66. The van der Waals surface area contributed by atoms with Crippen molar-refractivity contribution in [3.63, 3.8) is 0 Å². The maximum atomic E-state index is 14.2. The summed E-state index contributed by atoms with van der Waals surface area (Å²) < 4.78 is 16.0. The molecule has 4 rings (SSSR count). The molecular weight excluding hydrogens is 371 g/mol. The predicted octanol–water partition coefficient (Wildman–Crippen LogP) is 4.14. The molecule has 0 saturated carbocycles. The fourth-order valence-electron chi connectivity index (χ4n) is 2.65. The topological polar surface area (TPSA) is 59.8 Å². The molecule has 1 fully saturated rings. The van der Waals surface area contributed by atoms with Crippen LogP contribution in [-0.4, -0.2) is 32.2 Å². The van der Waals surface area contributed by atoms with Gasteiger partial charge in [0.15, 0.2) is 5.82 Å². The van der Waals surface area contributed by atoms with Gasteiger partial charge in [0.1, 0.15) is 18.3 Å². The summed E-state index contributed by atoms with van der Waals surface area (Å²) in [5.74, 6) is 1.57. The Kier molecular flexibility index (Phi) is 4.94. The van der Waals surface area contributed by atoms with E-state index in [9.17, 15) is 9.18 Å². The van der Waals surface area contributed by atoms with Crippen LogP contribution in [0.25, 0.3) is 5.69 Å². The first-order chi connectivity index (χ1) is 12.7. The Morgan fingerprint density at radius 3 is 2.58 bits per heavy atom. The zero-order valence-corrected chi connectivity index (χ0v) is 15.3. The van der Waals surface area contributed by atoms with Crippen LogP contribution in [0, 0.1) is 5.82 Å². The van der Waals surface area contributed by atoms with Gasteiger partial charge >= 0.3 is 0 Å². The molecule has 0 unspecified atom stereocenters. The Morgan fingerprint density at radius 2 is 1.92 bits per heavy atom. The van der Waals surface area contributed by atoms with Crippen molar-refractivity contribution in [2.45, 2.75) is 4.58 Å². The number of carbonyl (C=O) groups is 1. The molecule has 1 aliphatic rings. The van der Waals surface area contributed by atoms with E-state index in [4.69, 9.17) is 0 Å². The van der Waals surface area contributed by atoms with Gasteiger partial charge in [-0.3, -0.25) is 4.79 Å². The van der Waals surface area contributed by atoms with E-state index in [2.05, 4.69) is 15.4 Å². The van der Waals surface area contributed by atoms with E-state index in [1.165, 1.54) is 29.0 Å². The summed E-state index contributed by atoms with van der Waals surface area (Å²) in [4.78, 5) is 16.2. The Morgan fingerprint density at radius 1 is 1.15 bits per heavy atom. The van der Waals surface area contributed by atoms with E-state index >= 15 is 0 Å². The van der Waals surface area contributed by atoms with Crippen molar-refractivity contribution >= 4 is 35.1 Å². The van der Waals surface area contributed by atoms with Gasteiger partial charge in [0, 0.05) is 22.8 Å². The second-order valence-corrected chi connectivity index (χ2v) is 8.38. The Hall–Kier alpha value is -2.32. The highest BCUT2D eigenvalue weighted by molar-refractivity contribution is 8.19. The molecule has 5 nitrogen and oxygen atoms in total. The molecule has 2 heterocycles. The lowest BCUT2D eigenvalue weighted by Crippen LogP contribution is -2.12. The number of rotatable bonds is 4. The van der Waals surface area contributed by atoms with Crippen molar-refractivity contribution in [1.29, 1.82) is 0 Å². The Balaban J connectivity index is 1.46. The molecule has 0 radical (unpaired) electrons. The summed E-state index contributed by atoms with van der Waals surface area (Å²) in [6, 6.07) is 12.1. The second kappa shape index (κ2) is 7.51. The summed E-state index contributed by atoms with van der Waals surface area (Å²) in [7, 11) is 0. The van der Waals surface area contributed by atoms with E-state index < -0.39 is 5.82 Å². The lowest BCUT2D eigenvalue weighted by Gasteiger charge is -2.10. The highest BCUT2D eigenvalue weighted by Gasteiger charge is 2.18. The largest absolute Gasteiger partial charge is 0.322 e. The zero-order valence-electron chi connectivity index (χ0n) is 13.6. The Bertz CT molecular complexity index is 909. The quantitative estimate of drug-likeness (QED) is 0.730. The van der Waals surface area contributed by atoms with Crippen molar-refractivity contribution in [2.75, 3.05) is 16.8 Å². The van der Waals surface area contributed by atoms with Crippen molar-refractivity contribution < 1.29 is 9.18 Å². The number of hydrogen-bond donors (Lipinski definition) is 1. The van der Waals surface area contributed by atoms with Gasteiger partial charge in [0.05, 0.1) is 4.58 Å². The van der Waals surface area contributed by atoms with Crippen molar-refractivity contribution in [2.24, 2.45) is 0 Å². The molecule has 1 amide bonds. The molecule has 0 atom stereocenters. The van der Waals surface area contributed by atoms with Crippen molar-refractivity contribution in [1.82, 2.24) is 14.8 Å². The van der Waals surface area contributed by atoms with Gasteiger partial charge in [-0.2, -0.15) is 5.10 Å². The number of anilines is 1. The van der Waals surface area contributed by atoms with E-state index in [1.54, 1.807) is 12.1 Å². The minimum absolute atomic E-state index is 0.267. The van der Waals surface area contributed by atoms with Crippen molar-refractivity contribution in [3.05, 3.63) is 72.1 Å². The number of benzene rings is 2. The zero-order chi connectivity index (χ0) is 17.9. The van der Waals surface area contributed by atoms with Crippen molar-refractivity contribution in [3.8, 4) is 5.69 Å². The summed E-state index contributed by atoms with van der Waals surface area (Å²) in [6.07, 6.45) is 2.75. The first kappa shape index (κ1) is 17.1. The minimum Gasteiger partial charge on any atom is -0.322 e. The molecular formula is C18H15FN4OS2. The molecule has 1 N–H and O–H groups in total. The molecule has 1 aliphatic heterocycles. The molecule has 132 valence electrons. The van der Waals surface area contributed by atoms with Gasteiger partial charge in [0.2, 0.25) is 0 Å². The van der Waals surface area contributed by atoms with Crippen LogP contribution in [0.4, 0.5) is 10.1 Å². The van der Waals surface area contributed by atoms with Gasteiger partial charge in [-0.25, -0.2) is 14.1 Å². The average molecular weight is 386 g/mol. The standard InChI is InChI=1S/C18H15FN4OS2/c19-15-9-14(5-6-16(15)23-11-20-10-21-23)22-17(24)12-1-3-13(4-2-12)18-25-7-8-26-18/h1-6,9-11,18H,7-8H2,(H,22,24). The van der Waals surface area contributed by atoms with E-state index in [0.717, 1.165) is 11.5 Å². The van der Waals surface area contributed by atoms with Crippen LogP contribution in [0.2, 0.25) is 0 Å². The van der Waals surface area contributed by atoms with Crippen LogP contribution in [0.1, 0.15) is 20.5 Å². The highest BCUT2D eigenvalue weighted by atomic mass is 32.2. The van der Waals surface area contributed by atoms with Crippen LogP contribution in [0.5, 0.6) is 0 Å². The van der Waals surface area contributed by atoms with Crippen LogP contribution >= 0.6 is 23.5 Å². The van der Waals surface area contributed by atoms with Gasteiger partial charge in [0.25, 0.3) is 5.91 Å². The third-order valence-corrected chi connectivity index (χ3v) is 7.04. The maximum absolute atomic E-state index is 14.2. The Labute approximate surface area is 158 Å². The third kappa shape index (κ3) is 3.61. The van der Waals surface area contributed by atoms with E-state index in [1.807, 2.05) is 47.8 Å². The molecule has 0 bridgehead atoms. The molecule has 1 aromatic heterocycles. The maximum Gasteiger partial charge on any atom is 0.255 e. The van der Waals surface area contributed by atoms with Gasteiger partial charge in [-0.05, 0) is 35.9 Å². The first-order valence-corrected chi connectivity index (χ1v) is 10.1. The van der Waals surface area contributed by atoms with E-state index in [-0.39, 0.29) is 11.6 Å². The van der Waals surface area contributed by atoms with Crippen LogP contribution in [0.3, 0.4) is 0 Å². The highest BCUT2D eigenvalue weighted by Crippen LogP contribution is 2.45. The molecule has 8 heteroatoms. The number of thioether (sulfide) groups is 2. The number of hydrogen-bond acceptors (Lipinski definition) is 5. The number of nitrogens with one attached hydrogen (secondary N) is 1. The summed E-state index contributed by atoms with van der Waals surface area (Å²) in [5, 5.41) is 6.63. The molecule has 26 heavy (non-hydrogen) atoms. The van der Waals surface area contributed by atoms with Crippen LogP contribution in [0.15, 0.2) is 55.1 Å². The number of halogens is 1. The van der Waals surface area contributed by atoms with Gasteiger partial charge < -0.3 is 5.32 Å². The SMILES string of the molecule is O=C(Nc1ccc(-n2cncn2)c(F)c1)c1ccc(C2SCCS2)cc1. The van der Waals surface area contributed by atoms with Gasteiger partial charge in [-0.15, -0.1) is 23.5 Å². The van der Waals surface area contributed by atoms with E-state index in [0.29, 0.717) is 15.8 Å². The fourth-order valence-corrected chi connectivity index (χ4v) is 5.51. The molecule has 0 spiro atoms. The smallest absolute Gasteiger partial charge is 0.255 e. The minimum atomic E-state index is -0.487. The van der Waals surface area contributed by atoms with Crippen LogP contribution in [-0.2, 0) is 0 Å². The molecule has 2 aromatic carbocycles. The number of carbonyl (C=O) groups excluding carboxylic acids is 1. The summed E-state index contributed by atoms with van der Waals surface area (Å²) >= 11 is 3.85. The van der Waals surface area contributed by atoms with Gasteiger partial charge in [-0.1, -0.05) is 12.1 Å². The predicted molar refractivity (Wildman–Crippen MR) is 103 cm³/mol. The average Bonchev–Trinajstić information content (AvgIpc) is 3.36. The normalized spacial score (nSPS) is 14.5. The number of aromatic nitrogens is 3. The summed E-state index contributed by atoms with van der Waals surface area (Å²) in [6.45, 7) is 0. The third-order valence-electron chi connectivity index (χ3n) is 3.94. The molecule has 3 aromatic rings. The van der Waals surface area contributed by atoms with Crippen LogP contribution < -0.4 is 5.32 Å². The lowest BCUT2D eigenvalue weighted by atomic mass is 10.1. The number of nitrogens with zero attached hydrogens (tertiary/aromatic N) is 3. The fraction of sp³-hybridized carbons (Fsp3) is 0.167. The first-order valence-electron chi connectivity index (χ1n) is 8.00. The lowest BCUT2D eigenvalue weighted by molar-refractivity contribution is 0.102. The molecule has 0 aliphatic carbocycles.